The Morgan fingerprint density at radius 3 is 2.54 bits per heavy atom. The first kappa shape index (κ1) is 31.0. The van der Waals surface area contributed by atoms with Gasteiger partial charge < -0.3 is 35.0 Å². The molecule has 11 nitrogen and oxygen atoms in total. The van der Waals surface area contributed by atoms with Gasteiger partial charge in [0.15, 0.2) is 0 Å². The lowest BCUT2D eigenvalue weighted by Crippen LogP contribution is -2.55. The van der Waals surface area contributed by atoms with Crippen molar-refractivity contribution in [2.45, 2.75) is 76.5 Å². The number of hydrogen-bond acceptors (Lipinski definition) is 7. The van der Waals surface area contributed by atoms with Gasteiger partial charge in [0.05, 0.1) is 24.9 Å². The number of aliphatic hydroxyl groups excluding tert-OH is 1. The molecule has 1 aliphatic carbocycles. The van der Waals surface area contributed by atoms with E-state index in [-0.39, 0.29) is 47.5 Å². The summed E-state index contributed by atoms with van der Waals surface area (Å²) in [6, 6.07) is 2.01. The number of β-amino-alcohol motifs (C(OH)–C–C–N with tert-alkyl or cyclic N) is 1. The van der Waals surface area contributed by atoms with Crippen molar-refractivity contribution in [3.05, 3.63) is 28.8 Å². The molecule has 3 N–H and O–H groups in total. The van der Waals surface area contributed by atoms with Gasteiger partial charge >= 0.3 is 6.36 Å². The van der Waals surface area contributed by atoms with Crippen molar-refractivity contribution in [1.82, 2.24) is 20.4 Å². The molecule has 4 rings (SSSR count). The van der Waals surface area contributed by atoms with Crippen molar-refractivity contribution in [3.63, 3.8) is 0 Å². The summed E-state index contributed by atoms with van der Waals surface area (Å²) < 4.78 is 25.3. The highest BCUT2D eigenvalue weighted by molar-refractivity contribution is 6.31. The Morgan fingerprint density at radius 2 is 1.90 bits per heavy atom. The summed E-state index contributed by atoms with van der Waals surface area (Å²) in [5.41, 5.74) is -0.617. The third-order valence-electron chi connectivity index (χ3n) is 7.53. The number of ether oxygens (including phenoxy) is 2. The molecule has 4 amide bonds. The molecule has 1 aromatic rings. The first-order chi connectivity index (χ1) is 19.4. The second kappa shape index (κ2) is 12.9. The lowest BCUT2D eigenvalue weighted by Gasteiger charge is -2.34. The first-order valence-corrected chi connectivity index (χ1v) is 14.3. The molecule has 1 aromatic carbocycles. The molecule has 0 bridgehead atoms. The van der Waals surface area contributed by atoms with E-state index in [0.717, 1.165) is 12.8 Å². The summed E-state index contributed by atoms with van der Waals surface area (Å²) in [7, 11) is 0. The summed E-state index contributed by atoms with van der Waals surface area (Å²) in [6.07, 6.45) is -1.46. The number of amides is 4. The molecule has 0 spiro atoms. The van der Waals surface area contributed by atoms with E-state index in [1.165, 1.54) is 23.1 Å². The molecule has 2 saturated heterocycles. The van der Waals surface area contributed by atoms with E-state index in [2.05, 4.69) is 10.6 Å². The molecule has 3 aliphatic rings. The summed E-state index contributed by atoms with van der Waals surface area (Å²) in [4.78, 5) is 55.7. The Labute approximate surface area is 243 Å². The van der Waals surface area contributed by atoms with Gasteiger partial charge in [-0.15, -0.1) is 0 Å². The molecule has 1 saturated carbocycles. The van der Waals surface area contributed by atoms with Gasteiger partial charge in [0.2, 0.25) is 11.8 Å². The summed E-state index contributed by atoms with van der Waals surface area (Å²) >= 11 is 6.12. The Kier molecular flexibility index (Phi) is 9.76. The predicted octanol–water partition coefficient (Wildman–Crippen LogP) is 1.65. The van der Waals surface area contributed by atoms with Gasteiger partial charge in [-0.05, 0) is 50.3 Å². The minimum Gasteiger partial charge on any atom is -0.451 e. The second-order valence-corrected chi connectivity index (χ2v) is 12.0. The number of likely N-dealkylation sites (tertiary alicyclic amines) is 1. The SMILES string of the molecule is CC(C)C[C@@H](NC(=O)c1cc(Cl)ccc1O[C@H](F)C(=O)NC1(C)CC1)C(=O)N1C[C@@H](O)C[C@@H]1C(=O)N1CCOCC1. The largest absolute Gasteiger partial charge is 0.451 e. The molecule has 3 fully saturated rings. The molecule has 226 valence electrons. The number of nitrogens with zero attached hydrogens (tertiary/aromatic N) is 2. The van der Waals surface area contributed by atoms with E-state index in [1.807, 2.05) is 13.8 Å². The Balaban J connectivity index is 1.51. The lowest BCUT2D eigenvalue weighted by molar-refractivity contribution is -0.147. The molecule has 2 heterocycles. The molecular formula is C28H38ClFN4O7. The third kappa shape index (κ3) is 7.87. The molecular weight excluding hydrogens is 559 g/mol. The normalized spacial score (nSPS) is 23.1. The van der Waals surface area contributed by atoms with Crippen LogP contribution >= 0.6 is 11.6 Å². The lowest BCUT2D eigenvalue weighted by atomic mass is 10.0. The Bertz CT molecular complexity index is 1160. The zero-order chi connectivity index (χ0) is 29.9. The van der Waals surface area contributed by atoms with Crippen LogP contribution in [0.2, 0.25) is 5.02 Å². The van der Waals surface area contributed by atoms with Crippen molar-refractivity contribution in [1.29, 1.82) is 0 Å². The minimum atomic E-state index is -2.37. The number of carbonyl (C=O) groups excluding carboxylic acids is 4. The van der Waals surface area contributed by atoms with E-state index in [4.69, 9.17) is 21.1 Å². The monoisotopic (exact) mass is 596 g/mol. The molecule has 0 aromatic heterocycles. The van der Waals surface area contributed by atoms with Gasteiger partial charge in [-0.25, -0.2) is 0 Å². The van der Waals surface area contributed by atoms with Gasteiger partial charge in [0.25, 0.3) is 11.8 Å². The van der Waals surface area contributed by atoms with Gasteiger partial charge in [-0.2, -0.15) is 4.39 Å². The molecule has 0 unspecified atom stereocenters. The van der Waals surface area contributed by atoms with Crippen LogP contribution in [-0.4, -0.2) is 101 Å². The van der Waals surface area contributed by atoms with E-state index < -0.39 is 47.8 Å². The van der Waals surface area contributed by atoms with Crippen LogP contribution in [-0.2, 0) is 19.1 Å². The quantitative estimate of drug-likeness (QED) is 0.373. The number of hydrogen-bond donors (Lipinski definition) is 3. The summed E-state index contributed by atoms with van der Waals surface area (Å²) in [5, 5.41) is 15.8. The van der Waals surface area contributed by atoms with Crippen molar-refractivity contribution in [2.75, 3.05) is 32.8 Å². The minimum absolute atomic E-state index is 0.0250. The highest BCUT2D eigenvalue weighted by Gasteiger charge is 2.44. The summed E-state index contributed by atoms with van der Waals surface area (Å²) in [5.74, 6) is -2.75. The maximum absolute atomic E-state index is 14.7. The topological polar surface area (TPSA) is 138 Å². The number of alkyl halides is 1. The smallest absolute Gasteiger partial charge is 0.316 e. The van der Waals surface area contributed by atoms with Crippen molar-refractivity contribution in [3.8, 4) is 5.75 Å². The van der Waals surface area contributed by atoms with Gasteiger partial charge in [-0.3, -0.25) is 19.2 Å². The standard InChI is InChI=1S/C28H38ClFN4O7/c1-16(2)12-20(26(38)34-15-18(35)14-21(34)27(39)33-8-10-40-11-9-33)31-24(36)19-13-17(29)4-5-22(19)41-23(30)25(37)32-28(3)6-7-28/h4-5,13,16,18,20-21,23,35H,6-12,14-15H2,1-3H3,(H,31,36)(H,32,37)/t18-,20+,21+,23-/m0/s1. The molecule has 13 heteroatoms. The third-order valence-corrected chi connectivity index (χ3v) is 7.76. The van der Waals surface area contributed by atoms with Gasteiger partial charge in [-0.1, -0.05) is 25.4 Å². The molecule has 4 atom stereocenters. The van der Waals surface area contributed by atoms with Crippen LogP contribution < -0.4 is 15.4 Å². The predicted molar refractivity (Wildman–Crippen MR) is 147 cm³/mol. The fourth-order valence-corrected chi connectivity index (χ4v) is 5.20. The fourth-order valence-electron chi connectivity index (χ4n) is 5.03. The number of morpholine rings is 1. The van der Waals surface area contributed by atoms with Crippen LogP contribution in [0.1, 0.15) is 56.8 Å². The van der Waals surface area contributed by atoms with Crippen LogP contribution in [0.15, 0.2) is 18.2 Å². The highest BCUT2D eigenvalue weighted by Crippen LogP contribution is 2.34. The zero-order valence-corrected chi connectivity index (χ0v) is 24.3. The number of aliphatic hydroxyl groups is 1. The zero-order valence-electron chi connectivity index (χ0n) is 23.5. The number of benzene rings is 1. The number of carbonyl (C=O) groups is 4. The first-order valence-electron chi connectivity index (χ1n) is 13.9. The van der Waals surface area contributed by atoms with Crippen molar-refractivity contribution in [2.24, 2.45) is 5.92 Å². The maximum Gasteiger partial charge on any atom is 0.316 e. The van der Waals surface area contributed by atoms with E-state index >= 15 is 0 Å². The van der Waals surface area contributed by atoms with Gasteiger partial charge in [0, 0.05) is 36.6 Å². The average molecular weight is 597 g/mol. The second-order valence-electron chi connectivity index (χ2n) is 11.6. The van der Waals surface area contributed by atoms with Crippen LogP contribution in [0.25, 0.3) is 0 Å². The van der Waals surface area contributed by atoms with E-state index in [1.54, 1.807) is 11.8 Å². The van der Waals surface area contributed by atoms with Crippen molar-refractivity contribution < 1.29 is 38.1 Å². The van der Waals surface area contributed by atoms with Crippen LogP contribution in [0.3, 0.4) is 0 Å². The molecule has 0 radical (unpaired) electrons. The number of rotatable bonds is 10. The fraction of sp³-hybridized carbons (Fsp3) is 0.643. The average Bonchev–Trinajstić information content (AvgIpc) is 3.52. The van der Waals surface area contributed by atoms with Crippen LogP contribution in [0.4, 0.5) is 4.39 Å². The Morgan fingerprint density at radius 1 is 1.22 bits per heavy atom. The summed E-state index contributed by atoms with van der Waals surface area (Å²) in [6.45, 7) is 7.08. The maximum atomic E-state index is 14.7. The van der Waals surface area contributed by atoms with Crippen LogP contribution in [0.5, 0.6) is 5.75 Å². The molecule has 41 heavy (non-hydrogen) atoms. The highest BCUT2D eigenvalue weighted by atomic mass is 35.5. The number of nitrogens with one attached hydrogen (secondary N) is 2. The van der Waals surface area contributed by atoms with Crippen molar-refractivity contribution >= 4 is 35.2 Å². The Hall–Kier alpha value is -2.96. The molecule has 2 aliphatic heterocycles. The number of halogens is 2. The van der Waals surface area contributed by atoms with E-state index in [0.29, 0.717) is 26.3 Å². The van der Waals surface area contributed by atoms with E-state index in [9.17, 15) is 28.7 Å². The van der Waals surface area contributed by atoms with Gasteiger partial charge in [0.1, 0.15) is 17.8 Å². The van der Waals surface area contributed by atoms with Crippen LogP contribution in [0, 0.1) is 5.92 Å².